The fourth-order valence-electron chi connectivity index (χ4n) is 1.21. The largest absolute Gasteiger partial charge is 0.469 e. The lowest BCUT2D eigenvalue weighted by molar-refractivity contribution is -0.144. The number of hydrogen-bond acceptors (Lipinski definition) is 6. The third-order valence-electron chi connectivity index (χ3n) is 2.04. The van der Waals surface area contributed by atoms with E-state index in [9.17, 15) is 14.4 Å². The lowest BCUT2D eigenvalue weighted by Crippen LogP contribution is -2.44. The molecule has 128 valence electrons. The molecule has 0 heterocycles. The molecule has 0 aliphatic heterocycles. The Morgan fingerprint density at radius 1 is 1.18 bits per heavy atom. The summed E-state index contributed by atoms with van der Waals surface area (Å²) in [5.74, 6) is -1.12. The maximum absolute atomic E-state index is 11.5. The molecule has 0 rings (SSSR count). The van der Waals surface area contributed by atoms with Crippen LogP contribution >= 0.6 is 0 Å². The molecule has 7 nitrogen and oxygen atoms in total. The maximum Gasteiger partial charge on any atom is 0.408 e. The smallest absolute Gasteiger partial charge is 0.408 e. The van der Waals surface area contributed by atoms with Gasteiger partial charge in [0.25, 0.3) is 0 Å². The number of alkyl carbamates (subject to hydrolysis) is 1. The lowest BCUT2D eigenvalue weighted by Gasteiger charge is -2.22. The van der Waals surface area contributed by atoms with E-state index in [1.54, 1.807) is 26.8 Å². The summed E-state index contributed by atoms with van der Waals surface area (Å²) >= 11 is 0. The average molecular weight is 317 g/mol. The molecule has 0 aromatic carbocycles. The molecule has 0 aromatic rings. The highest BCUT2D eigenvalue weighted by molar-refractivity contribution is 5.82. The van der Waals surface area contributed by atoms with Gasteiger partial charge in [-0.15, -0.1) is 6.58 Å². The fraction of sp³-hybridized carbons (Fsp3) is 0.667. The van der Waals surface area contributed by atoms with Crippen molar-refractivity contribution >= 4 is 18.0 Å². The third-order valence-corrected chi connectivity index (χ3v) is 2.04. The molecule has 0 fully saturated rings. The van der Waals surface area contributed by atoms with Crippen LogP contribution in [0.25, 0.3) is 0 Å². The van der Waals surface area contributed by atoms with Crippen LogP contribution in [-0.2, 0) is 23.8 Å². The van der Waals surface area contributed by atoms with Crippen molar-refractivity contribution in [2.24, 2.45) is 0 Å². The van der Waals surface area contributed by atoms with Crippen LogP contribution in [0.5, 0.6) is 0 Å². The fourth-order valence-corrected chi connectivity index (χ4v) is 1.21. The van der Waals surface area contributed by atoms with Gasteiger partial charge in [0, 0.05) is 6.42 Å². The number of ether oxygens (including phenoxy) is 3. The van der Waals surface area contributed by atoms with Gasteiger partial charge < -0.3 is 19.5 Å². The summed E-state index contributed by atoms with van der Waals surface area (Å²) in [7, 11) is 2.45. The van der Waals surface area contributed by atoms with Crippen molar-refractivity contribution < 1.29 is 28.6 Å². The van der Waals surface area contributed by atoms with Gasteiger partial charge in [0.1, 0.15) is 11.6 Å². The summed E-state index contributed by atoms with van der Waals surface area (Å²) in [6.45, 7) is 10.4. The van der Waals surface area contributed by atoms with Crippen LogP contribution in [0.4, 0.5) is 4.79 Å². The van der Waals surface area contributed by atoms with Crippen molar-refractivity contribution in [3.05, 3.63) is 12.7 Å². The molecule has 7 heteroatoms. The highest BCUT2D eigenvalue weighted by Gasteiger charge is 2.25. The summed E-state index contributed by atoms with van der Waals surface area (Å²) in [6, 6.07) is -0.945. The minimum atomic E-state index is -0.945. The van der Waals surface area contributed by atoms with Crippen LogP contribution in [0.15, 0.2) is 12.7 Å². The lowest BCUT2D eigenvalue weighted by atomic mass is 10.1. The van der Waals surface area contributed by atoms with Crippen molar-refractivity contribution in [2.75, 3.05) is 14.2 Å². The minimum absolute atomic E-state index is 0.00787. The zero-order chi connectivity index (χ0) is 17.8. The predicted molar refractivity (Wildman–Crippen MR) is 82.3 cm³/mol. The molecule has 0 spiro atoms. The van der Waals surface area contributed by atoms with Crippen molar-refractivity contribution in [3.8, 4) is 0 Å². The van der Waals surface area contributed by atoms with Crippen LogP contribution in [0.3, 0.4) is 0 Å². The Kier molecular flexibility index (Phi) is 11.7. The van der Waals surface area contributed by atoms with Gasteiger partial charge in [-0.05, 0) is 34.1 Å². The van der Waals surface area contributed by atoms with Crippen LogP contribution in [0.2, 0.25) is 0 Å². The van der Waals surface area contributed by atoms with Crippen LogP contribution in [0, 0.1) is 0 Å². The van der Waals surface area contributed by atoms with Gasteiger partial charge in [0.15, 0.2) is 0 Å². The van der Waals surface area contributed by atoms with E-state index in [-0.39, 0.29) is 12.8 Å². The summed E-state index contributed by atoms with van der Waals surface area (Å²) in [5.41, 5.74) is -0.674. The molecule has 0 saturated carbocycles. The Morgan fingerprint density at radius 3 is 2.05 bits per heavy atom. The number of amides is 1. The second-order valence-corrected chi connectivity index (χ2v) is 5.25. The van der Waals surface area contributed by atoms with E-state index in [1.165, 1.54) is 14.2 Å². The normalized spacial score (nSPS) is 11.2. The van der Waals surface area contributed by atoms with Gasteiger partial charge >= 0.3 is 18.0 Å². The topological polar surface area (TPSA) is 90.9 Å². The molecule has 22 heavy (non-hydrogen) atoms. The van der Waals surface area contributed by atoms with E-state index >= 15 is 0 Å². The van der Waals surface area contributed by atoms with Crippen LogP contribution in [0.1, 0.15) is 40.5 Å². The Morgan fingerprint density at radius 2 is 1.68 bits per heavy atom. The number of allylic oxidation sites excluding steroid dienone is 1. The van der Waals surface area contributed by atoms with Gasteiger partial charge in [-0.2, -0.15) is 0 Å². The zero-order valence-electron chi connectivity index (χ0n) is 14.2. The quantitative estimate of drug-likeness (QED) is 0.475. The summed E-state index contributed by atoms with van der Waals surface area (Å²) in [5, 5.41) is 2.36. The van der Waals surface area contributed by atoms with Gasteiger partial charge in [0.2, 0.25) is 0 Å². The Balaban J connectivity index is 0. The number of hydrogen-bond donors (Lipinski definition) is 1. The van der Waals surface area contributed by atoms with E-state index in [2.05, 4.69) is 21.4 Å². The molecule has 0 radical (unpaired) electrons. The summed E-state index contributed by atoms with van der Waals surface area (Å²) in [4.78, 5) is 34.0. The molecule has 0 bridgehead atoms. The summed E-state index contributed by atoms with van der Waals surface area (Å²) < 4.78 is 14.0. The molecule has 1 atom stereocenters. The van der Waals surface area contributed by atoms with Gasteiger partial charge in [-0.1, -0.05) is 6.08 Å². The highest BCUT2D eigenvalue weighted by Crippen LogP contribution is 2.08. The van der Waals surface area contributed by atoms with Crippen molar-refractivity contribution in [2.45, 2.75) is 52.2 Å². The minimum Gasteiger partial charge on any atom is -0.469 e. The van der Waals surface area contributed by atoms with E-state index in [0.29, 0.717) is 0 Å². The Hall–Kier alpha value is -2.05. The monoisotopic (exact) mass is 317 g/mol. The second-order valence-electron chi connectivity index (χ2n) is 5.25. The average Bonchev–Trinajstić information content (AvgIpc) is 2.40. The number of esters is 2. The molecule has 1 unspecified atom stereocenters. The Bertz CT molecular complexity index is 373. The van der Waals surface area contributed by atoms with Crippen molar-refractivity contribution in [1.82, 2.24) is 5.32 Å². The highest BCUT2D eigenvalue weighted by atomic mass is 16.6. The summed E-state index contributed by atoms with van der Waals surface area (Å²) in [6.07, 6.45) is 1.08. The first-order valence-corrected chi connectivity index (χ1v) is 6.82. The number of rotatable bonds is 5. The first-order chi connectivity index (χ1) is 10.1. The van der Waals surface area contributed by atoms with Crippen LogP contribution in [-0.4, -0.2) is 43.9 Å². The number of methoxy groups -OCH3 is 2. The van der Waals surface area contributed by atoms with E-state index in [4.69, 9.17) is 4.74 Å². The van der Waals surface area contributed by atoms with Crippen molar-refractivity contribution in [3.63, 3.8) is 0 Å². The molecule has 0 saturated heterocycles. The molecule has 0 aliphatic rings. The van der Waals surface area contributed by atoms with Gasteiger partial charge in [-0.25, -0.2) is 9.59 Å². The first kappa shape index (κ1) is 22.2. The SMILES string of the molecule is C=CC.COC(=O)CCC(NC(=O)OC(C)(C)C)C(=O)OC. The molecule has 0 aliphatic carbocycles. The maximum atomic E-state index is 11.5. The van der Waals surface area contributed by atoms with E-state index in [1.807, 2.05) is 6.92 Å². The van der Waals surface area contributed by atoms with Gasteiger partial charge in [0.05, 0.1) is 14.2 Å². The Labute approximate surface area is 132 Å². The third kappa shape index (κ3) is 13.0. The standard InChI is InChI=1S/C12H21NO6.C3H6/c1-12(2,3)19-11(16)13-8(10(15)18-5)6-7-9(14)17-4;1-3-2/h8H,6-7H2,1-5H3,(H,13,16);3H,1H2,2H3. The molecule has 0 aromatic heterocycles. The van der Waals surface area contributed by atoms with Crippen LogP contribution < -0.4 is 5.32 Å². The first-order valence-electron chi connectivity index (χ1n) is 6.82. The second kappa shape index (κ2) is 11.6. The number of nitrogens with one attached hydrogen (secondary N) is 1. The molecule has 1 N–H and O–H groups in total. The molecule has 1 amide bonds. The van der Waals surface area contributed by atoms with Crippen molar-refractivity contribution in [1.29, 1.82) is 0 Å². The van der Waals surface area contributed by atoms with E-state index in [0.717, 1.165) is 0 Å². The molecular formula is C15H27NO6. The number of carbonyl (C=O) groups is 3. The van der Waals surface area contributed by atoms with E-state index < -0.39 is 29.7 Å². The van der Waals surface area contributed by atoms with Gasteiger partial charge in [-0.3, -0.25) is 4.79 Å². The zero-order valence-corrected chi connectivity index (χ0v) is 14.2. The predicted octanol–water partition coefficient (Wildman–Crippen LogP) is 2.20. The number of carbonyl (C=O) groups excluding carboxylic acids is 3. The molecular weight excluding hydrogens is 290 g/mol.